The van der Waals surface area contributed by atoms with Gasteiger partial charge in [-0.05, 0) is 19.1 Å². The van der Waals surface area contributed by atoms with Gasteiger partial charge < -0.3 is 20.1 Å². The van der Waals surface area contributed by atoms with Crippen molar-refractivity contribution in [2.45, 2.75) is 25.6 Å². The van der Waals surface area contributed by atoms with Gasteiger partial charge in [-0.3, -0.25) is 19.7 Å². The number of carbonyl (C=O) groups excluding carboxylic acids is 2. The fourth-order valence-corrected chi connectivity index (χ4v) is 2.57. The van der Waals surface area contributed by atoms with Crippen LogP contribution in [0.4, 0.5) is 5.69 Å². The van der Waals surface area contributed by atoms with Crippen LogP contribution in [-0.2, 0) is 14.3 Å². The molecule has 0 aliphatic carbocycles. The lowest BCUT2D eigenvalue weighted by molar-refractivity contribution is -0.384. The highest BCUT2D eigenvalue weighted by molar-refractivity contribution is 5.94. The van der Waals surface area contributed by atoms with Crippen molar-refractivity contribution in [2.24, 2.45) is 0 Å². The number of hydrogen-bond donors (Lipinski definition) is 2. The second-order valence-corrected chi connectivity index (χ2v) is 5.88. The molecule has 1 heterocycles. The number of nitrogens with zero attached hydrogens (tertiary/aromatic N) is 2. The van der Waals surface area contributed by atoms with Crippen molar-refractivity contribution in [3.63, 3.8) is 0 Å². The number of benzene rings is 1. The van der Waals surface area contributed by atoms with E-state index in [4.69, 9.17) is 9.84 Å². The normalized spacial score (nSPS) is 19.7. The van der Waals surface area contributed by atoms with Gasteiger partial charge in [0.2, 0.25) is 5.91 Å². The minimum absolute atomic E-state index is 0.0117. The van der Waals surface area contributed by atoms with Gasteiger partial charge in [0, 0.05) is 37.2 Å². The van der Waals surface area contributed by atoms with Gasteiger partial charge in [-0.25, -0.2) is 4.79 Å². The van der Waals surface area contributed by atoms with E-state index in [2.05, 4.69) is 5.32 Å². The van der Waals surface area contributed by atoms with E-state index in [-0.39, 0.29) is 42.8 Å². The summed E-state index contributed by atoms with van der Waals surface area (Å²) in [4.78, 5) is 46.6. The van der Waals surface area contributed by atoms with Crippen LogP contribution in [0.25, 0.3) is 0 Å². The maximum absolute atomic E-state index is 12.2. The van der Waals surface area contributed by atoms with Crippen LogP contribution in [-0.4, -0.2) is 64.6 Å². The first-order chi connectivity index (χ1) is 12.3. The van der Waals surface area contributed by atoms with E-state index < -0.39 is 22.9 Å². The van der Waals surface area contributed by atoms with Crippen molar-refractivity contribution in [1.82, 2.24) is 10.2 Å². The van der Waals surface area contributed by atoms with E-state index in [0.29, 0.717) is 6.54 Å². The van der Waals surface area contributed by atoms with Crippen LogP contribution in [0.2, 0.25) is 0 Å². The summed E-state index contributed by atoms with van der Waals surface area (Å²) >= 11 is 0. The van der Waals surface area contributed by atoms with Gasteiger partial charge in [0.15, 0.2) is 6.10 Å². The minimum atomic E-state index is -1.12. The van der Waals surface area contributed by atoms with Crippen molar-refractivity contribution in [1.29, 1.82) is 0 Å². The average molecular weight is 365 g/mol. The molecule has 1 aliphatic heterocycles. The second-order valence-electron chi connectivity index (χ2n) is 5.88. The topological polar surface area (TPSA) is 139 Å². The smallest absolute Gasteiger partial charge is 0.334 e. The van der Waals surface area contributed by atoms with Gasteiger partial charge in [-0.1, -0.05) is 0 Å². The number of hydrogen-bond acceptors (Lipinski definition) is 6. The first kappa shape index (κ1) is 19.3. The molecule has 2 atom stereocenters. The number of nitrogens with one attached hydrogen (secondary N) is 1. The Labute approximate surface area is 148 Å². The Kier molecular flexibility index (Phi) is 6.23. The molecule has 0 spiro atoms. The molecule has 0 aromatic heterocycles. The summed E-state index contributed by atoms with van der Waals surface area (Å²) in [6.45, 7) is 2.01. The Morgan fingerprint density at radius 3 is 2.54 bits per heavy atom. The van der Waals surface area contributed by atoms with Crippen LogP contribution >= 0.6 is 0 Å². The monoisotopic (exact) mass is 365 g/mol. The number of rotatable bonds is 6. The molecule has 26 heavy (non-hydrogen) atoms. The highest BCUT2D eigenvalue weighted by Crippen LogP contribution is 2.13. The second kappa shape index (κ2) is 8.39. The largest absolute Gasteiger partial charge is 0.479 e. The summed E-state index contributed by atoms with van der Waals surface area (Å²) in [7, 11) is 0. The number of nitro groups is 1. The molecule has 10 nitrogen and oxygen atoms in total. The SMILES string of the molecule is C[C@@H]1CN(C(=O)CCNC(=O)c2ccc([N+](=O)[O-])cc2)C[C@@H](C(=O)O)O1. The number of carbonyl (C=O) groups is 3. The first-order valence-electron chi connectivity index (χ1n) is 7.96. The van der Waals surface area contributed by atoms with E-state index in [1.807, 2.05) is 0 Å². The predicted octanol–water partition coefficient (Wildman–Crippen LogP) is 0.415. The van der Waals surface area contributed by atoms with Crippen LogP contribution < -0.4 is 5.32 Å². The summed E-state index contributed by atoms with van der Waals surface area (Å²) in [5.41, 5.74) is 0.125. The maximum atomic E-state index is 12.2. The van der Waals surface area contributed by atoms with Gasteiger partial charge in [-0.2, -0.15) is 0 Å². The average Bonchev–Trinajstić information content (AvgIpc) is 2.60. The standard InChI is InChI=1S/C16H19N3O7/c1-10-8-18(9-13(26-10)16(22)23)14(20)6-7-17-15(21)11-2-4-12(5-3-11)19(24)25/h2-5,10,13H,6-9H2,1H3,(H,17,21)(H,22,23)/t10-,13+/m1/s1. The number of ether oxygens (including phenoxy) is 1. The van der Waals surface area contributed by atoms with Crippen LogP contribution in [0.15, 0.2) is 24.3 Å². The Hall–Kier alpha value is -3.01. The number of carboxylic acid groups (broad SMARTS) is 1. The quantitative estimate of drug-likeness (QED) is 0.550. The Morgan fingerprint density at radius 1 is 1.31 bits per heavy atom. The molecule has 1 aromatic carbocycles. The minimum Gasteiger partial charge on any atom is -0.479 e. The predicted molar refractivity (Wildman–Crippen MR) is 88.6 cm³/mol. The van der Waals surface area contributed by atoms with Gasteiger partial charge in [0.25, 0.3) is 11.6 Å². The van der Waals surface area contributed by atoms with E-state index in [1.165, 1.54) is 29.2 Å². The number of non-ortho nitro benzene ring substituents is 1. The Morgan fingerprint density at radius 2 is 1.96 bits per heavy atom. The zero-order valence-corrected chi connectivity index (χ0v) is 14.1. The van der Waals surface area contributed by atoms with E-state index in [0.717, 1.165) is 0 Å². The molecule has 0 unspecified atom stereocenters. The Balaban J connectivity index is 1.82. The zero-order valence-electron chi connectivity index (χ0n) is 14.1. The molecule has 2 rings (SSSR count). The van der Waals surface area contributed by atoms with E-state index in [1.54, 1.807) is 6.92 Å². The molecule has 10 heteroatoms. The summed E-state index contributed by atoms with van der Waals surface area (Å²) in [6, 6.07) is 5.11. The number of aliphatic carboxylic acids is 1. The fourth-order valence-electron chi connectivity index (χ4n) is 2.57. The zero-order chi connectivity index (χ0) is 19.3. The lowest BCUT2D eigenvalue weighted by atomic mass is 10.2. The molecule has 0 radical (unpaired) electrons. The molecule has 140 valence electrons. The summed E-state index contributed by atoms with van der Waals surface area (Å²) in [5, 5.41) is 22.2. The molecular formula is C16H19N3O7. The molecule has 2 N–H and O–H groups in total. The van der Waals surface area contributed by atoms with Gasteiger partial charge >= 0.3 is 5.97 Å². The summed E-state index contributed by atoms with van der Waals surface area (Å²) in [5.74, 6) is -1.86. The van der Waals surface area contributed by atoms with Gasteiger partial charge in [-0.15, -0.1) is 0 Å². The molecule has 1 aromatic rings. The molecular weight excluding hydrogens is 346 g/mol. The molecule has 1 aliphatic rings. The van der Waals surface area contributed by atoms with Crippen molar-refractivity contribution < 1.29 is 29.2 Å². The molecule has 0 bridgehead atoms. The van der Waals surface area contributed by atoms with Crippen LogP contribution in [0, 0.1) is 10.1 Å². The highest BCUT2D eigenvalue weighted by Gasteiger charge is 2.32. The van der Waals surface area contributed by atoms with E-state index in [9.17, 15) is 24.5 Å². The van der Waals surface area contributed by atoms with E-state index >= 15 is 0 Å². The third-order valence-electron chi connectivity index (χ3n) is 3.85. The van der Waals surface area contributed by atoms with Gasteiger partial charge in [0.05, 0.1) is 17.6 Å². The summed E-state index contributed by atoms with van der Waals surface area (Å²) < 4.78 is 5.24. The molecule has 1 saturated heterocycles. The number of nitro benzene ring substituents is 1. The lowest BCUT2D eigenvalue weighted by Gasteiger charge is -2.35. The Bertz CT molecular complexity index is 704. The first-order valence-corrected chi connectivity index (χ1v) is 7.96. The van der Waals surface area contributed by atoms with Crippen molar-refractivity contribution in [2.75, 3.05) is 19.6 Å². The number of carboxylic acids is 1. The number of amides is 2. The van der Waals surface area contributed by atoms with Crippen molar-refractivity contribution in [3.05, 3.63) is 39.9 Å². The van der Waals surface area contributed by atoms with Crippen LogP contribution in [0.5, 0.6) is 0 Å². The number of morpholine rings is 1. The van der Waals surface area contributed by atoms with Crippen molar-refractivity contribution in [3.8, 4) is 0 Å². The van der Waals surface area contributed by atoms with Crippen LogP contribution in [0.1, 0.15) is 23.7 Å². The third kappa shape index (κ3) is 4.99. The maximum Gasteiger partial charge on any atom is 0.334 e. The molecule has 1 fully saturated rings. The van der Waals surface area contributed by atoms with Crippen molar-refractivity contribution >= 4 is 23.5 Å². The highest BCUT2D eigenvalue weighted by atomic mass is 16.6. The third-order valence-corrected chi connectivity index (χ3v) is 3.85. The van der Waals surface area contributed by atoms with Crippen LogP contribution in [0.3, 0.4) is 0 Å². The van der Waals surface area contributed by atoms with Gasteiger partial charge in [0.1, 0.15) is 0 Å². The fraction of sp³-hybridized carbons (Fsp3) is 0.438. The lowest BCUT2D eigenvalue weighted by Crippen LogP contribution is -2.52. The summed E-state index contributed by atoms with van der Waals surface area (Å²) in [6.07, 6.45) is -1.43. The molecule has 2 amide bonds. The molecule has 0 saturated carbocycles.